The van der Waals surface area contributed by atoms with Crippen molar-refractivity contribution in [2.75, 3.05) is 20.4 Å². The predicted octanol–water partition coefficient (Wildman–Crippen LogP) is 4.49. The summed E-state index contributed by atoms with van der Waals surface area (Å²) in [7, 11) is 1.65. The molecule has 0 saturated carbocycles. The van der Waals surface area contributed by atoms with Crippen molar-refractivity contribution in [3.05, 3.63) is 59.7 Å². The van der Waals surface area contributed by atoms with Crippen molar-refractivity contribution < 1.29 is 13.9 Å². The summed E-state index contributed by atoms with van der Waals surface area (Å²) in [6.07, 6.45) is 0. The smallest absolute Gasteiger partial charge is 0.123 e. The lowest BCUT2D eigenvalue weighted by atomic mass is 9.87. The van der Waals surface area contributed by atoms with E-state index in [0.29, 0.717) is 6.54 Å². The number of alkyl halides is 1. The molecule has 0 fully saturated rings. The molecule has 0 aliphatic heterocycles. The van der Waals surface area contributed by atoms with Crippen LogP contribution in [0.4, 0.5) is 4.39 Å². The molecule has 0 aliphatic rings. The van der Waals surface area contributed by atoms with E-state index in [1.165, 1.54) is 5.56 Å². The quantitative estimate of drug-likeness (QED) is 0.877. The van der Waals surface area contributed by atoms with Crippen LogP contribution in [0.3, 0.4) is 0 Å². The van der Waals surface area contributed by atoms with E-state index in [4.69, 9.17) is 15.2 Å². The van der Waals surface area contributed by atoms with Crippen molar-refractivity contribution in [3.8, 4) is 11.5 Å². The molecule has 2 rings (SSSR count). The second kappa shape index (κ2) is 9.93. The third kappa shape index (κ3) is 7.01. The number of ether oxygens (including phenoxy) is 2. The molecule has 2 aromatic carbocycles. The molecule has 0 heterocycles. The summed E-state index contributed by atoms with van der Waals surface area (Å²) >= 11 is 0. The minimum absolute atomic E-state index is 0.106. The molecule has 0 amide bonds. The fourth-order valence-electron chi connectivity index (χ4n) is 1.97. The van der Waals surface area contributed by atoms with Gasteiger partial charge in [-0.25, -0.2) is 4.39 Å². The fourth-order valence-corrected chi connectivity index (χ4v) is 1.97. The van der Waals surface area contributed by atoms with Crippen molar-refractivity contribution in [3.63, 3.8) is 0 Å². The van der Waals surface area contributed by atoms with E-state index in [2.05, 4.69) is 26.8 Å². The number of halogens is 1. The number of methoxy groups -OCH3 is 1. The first-order valence-electron chi connectivity index (χ1n) is 8.03. The van der Waals surface area contributed by atoms with E-state index in [0.717, 1.165) is 17.1 Å². The largest absolute Gasteiger partial charge is 0.497 e. The van der Waals surface area contributed by atoms with Crippen LogP contribution in [0.2, 0.25) is 0 Å². The summed E-state index contributed by atoms with van der Waals surface area (Å²) in [6.45, 7) is 6.70. The van der Waals surface area contributed by atoms with Crippen molar-refractivity contribution in [2.45, 2.75) is 32.7 Å². The first-order chi connectivity index (χ1) is 11.4. The van der Waals surface area contributed by atoms with E-state index in [1.54, 1.807) is 7.11 Å². The molecule has 0 aromatic heterocycles. The Morgan fingerprint density at radius 2 is 1.67 bits per heavy atom. The summed E-state index contributed by atoms with van der Waals surface area (Å²) < 4.78 is 22.1. The Morgan fingerprint density at radius 3 is 2.17 bits per heavy atom. The SMILES string of the molecule is CC(C)(C)c1cccc(OCCF)c1.COc1ccc(CN)cc1. The van der Waals surface area contributed by atoms with Gasteiger partial charge in [-0.1, -0.05) is 45.0 Å². The van der Waals surface area contributed by atoms with Gasteiger partial charge in [-0.3, -0.25) is 0 Å². The van der Waals surface area contributed by atoms with E-state index < -0.39 is 6.67 Å². The molecule has 4 heteroatoms. The first kappa shape index (κ1) is 20.0. The lowest BCUT2D eigenvalue weighted by Gasteiger charge is -2.19. The van der Waals surface area contributed by atoms with Gasteiger partial charge in [0.15, 0.2) is 0 Å². The lowest BCUT2D eigenvalue weighted by Crippen LogP contribution is -2.11. The maximum Gasteiger partial charge on any atom is 0.123 e. The van der Waals surface area contributed by atoms with Gasteiger partial charge in [-0.15, -0.1) is 0 Å². The zero-order valence-corrected chi connectivity index (χ0v) is 15.0. The van der Waals surface area contributed by atoms with Gasteiger partial charge in [-0.2, -0.15) is 0 Å². The molecule has 0 atom stereocenters. The van der Waals surface area contributed by atoms with Crippen LogP contribution in [-0.2, 0) is 12.0 Å². The number of nitrogens with two attached hydrogens (primary N) is 1. The van der Waals surface area contributed by atoms with Crippen LogP contribution >= 0.6 is 0 Å². The lowest BCUT2D eigenvalue weighted by molar-refractivity contribution is 0.273. The highest BCUT2D eigenvalue weighted by molar-refractivity contribution is 5.32. The van der Waals surface area contributed by atoms with Crippen molar-refractivity contribution in [1.29, 1.82) is 0 Å². The van der Waals surface area contributed by atoms with Gasteiger partial charge in [0.1, 0.15) is 24.8 Å². The molecular weight excluding hydrogens is 305 g/mol. The molecule has 132 valence electrons. The van der Waals surface area contributed by atoms with Crippen LogP contribution in [0.25, 0.3) is 0 Å². The van der Waals surface area contributed by atoms with Crippen LogP contribution in [0.15, 0.2) is 48.5 Å². The third-order valence-corrected chi connectivity index (χ3v) is 3.44. The number of rotatable bonds is 5. The fraction of sp³-hybridized carbons (Fsp3) is 0.400. The maximum absolute atomic E-state index is 11.9. The van der Waals surface area contributed by atoms with Crippen LogP contribution < -0.4 is 15.2 Å². The summed E-state index contributed by atoms with van der Waals surface area (Å²) in [4.78, 5) is 0. The number of benzene rings is 2. The topological polar surface area (TPSA) is 44.5 Å². The molecule has 0 bridgehead atoms. The average molecular weight is 333 g/mol. The minimum atomic E-state index is -0.445. The molecule has 0 radical (unpaired) electrons. The standard InChI is InChI=1S/C12H17FO.C8H11NO/c1-12(2,3)10-5-4-6-11(9-10)14-8-7-13;1-10-8-4-2-7(6-9)3-5-8/h4-6,9H,7-8H2,1-3H3;2-5H,6,9H2,1H3. The molecular formula is C20H28FNO2. The van der Waals surface area contributed by atoms with E-state index >= 15 is 0 Å². The third-order valence-electron chi connectivity index (χ3n) is 3.44. The molecule has 0 unspecified atom stereocenters. The average Bonchev–Trinajstić information content (AvgIpc) is 2.60. The predicted molar refractivity (Wildman–Crippen MR) is 97.5 cm³/mol. The van der Waals surface area contributed by atoms with Gasteiger partial charge in [-0.05, 0) is 40.8 Å². The Kier molecular flexibility index (Phi) is 8.27. The maximum atomic E-state index is 11.9. The van der Waals surface area contributed by atoms with Crippen LogP contribution in [-0.4, -0.2) is 20.4 Å². The van der Waals surface area contributed by atoms with Gasteiger partial charge >= 0.3 is 0 Å². The van der Waals surface area contributed by atoms with Crippen LogP contribution in [0.1, 0.15) is 31.9 Å². The summed E-state index contributed by atoms with van der Waals surface area (Å²) in [5, 5.41) is 0. The molecule has 24 heavy (non-hydrogen) atoms. The highest BCUT2D eigenvalue weighted by atomic mass is 19.1. The van der Waals surface area contributed by atoms with E-state index in [1.807, 2.05) is 42.5 Å². The molecule has 2 N–H and O–H groups in total. The summed E-state index contributed by atoms with van der Waals surface area (Å²) in [5.41, 5.74) is 7.84. The molecule has 3 nitrogen and oxygen atoms in total. The minimum Gasteiger partial charge on any atom is -0.497 e. The molecule has 2 aromatic rings. The van der Waals surface area contributed by atoms with Crippen molar-refractivity contribution in [1.82, 2.24) is 0 Å². The van der Waals surface area contributed by atoms with Crippen LogP contribution in [0.5, 0.6) is 11.5 Å². The van der Waals surface area contributed by atoms with Gasteiger partial charge < -0.3 is 15.2 Å². The van der Waals surface area contributed by atoms with E-state index in [9.17, 15) is 4.39 Å². The summed E-state index contributed by atoms with van der Waals surface area (Å²) in [6, 6.07) is 15.5. The van der Waals surface area contributed by atoms with Gasteiger partial charge in [0, 0.05) is 6.54 Å². The van der Waals surface area contributed by atoms with Gasteiger partial charge in [0.25, 0.3) is 0 Å². The van der Waals surface area contributed by atoms with Gasteiger partial charge in [0.05, 0.1) is 7.11 Å². The van der Waals surface area contributed by atoms with Crippen LogP contribution in [0, 0.1) is 0 Å². The highest BCUT2D eigenvalue weighted by Crippen LogP contribution is 2.25. The molecule has 0 spiro atoms. The number of hydrogen-bond donors (Lipinski definition) is 1. The zero-order valence-electron chi connectivity index (χ0n) is 15.0. The Bertz CT molecular complexity index is 568. The summed E-state index contributed by atoms with van der Waals surface area (Å²) in [5.74, 6) is 1.62. The Labute approximate surface area is 144 Å². The first-order valence-corrected chi connectivity index (χ1v) is 8.03. The van der Waals surface area contributed by atoms with Gasteiger partial charge in [0.2, 0.25) is 0 Å². The number of hydrogen-bond acceptors (Lipinski definition) is 3. The zero-order chi connectivity index (χ0) is 18.0. The monoisotopic (exact) mass is 333 g/mol. The van der Waals surface area contributed by atoms with Crippen molar-refractivity contribution in [2.24, 2.45) is 5.73 Å². The second-order valence-corrected chi connectivity index (χ2v) is 6.37. The van der Waals surface area contributed by atoms with Crippen molar-refractivity contribution >= 4 is 0 Å². The Balaban J connectivity index is 0.000000254. The molecule has 0 aliphatic carbocycles. The second-order valence-electron chi connectivity index (χ2n) is 6.37. The molecule has 0 saturated heterocycles. The Morgan fingerprint density at radius 1 is 1.00 bits per heavy atom. The Hall–Kier alpha value is -2.07. The normalized spacial score (nSPS) is 10.6. The van der Waals surface area contributed by atoms with E-state index in [-0.39, 0.29) is 12.0 Å². The highest BCUT2D eigenvalue weighted by Gasteiger charge is 2.13.